The number of nitrogens with two attached hydrogens (primary N) is 1. The smallest absolute Gasteiger partial charge is 0.408 e. The summed E-state index contributed by atoms with van der Waals surface area (Å²) in [7, 11) is 0. The highest BCUT2D eigenvalue weighted by molar-refractivity contribution is 5.91. The Bertz CT molecular complexity index is 1260. The van der Waals surface area contributed by atoms with Crippen LogP contribution in [-0.2, 0) is 30.5 Å². The Kier molecular flexibility index (Phi) is 12.2. The molecule has 11 heteroatoms. The fourth-order valence-corrected chi connectivity index (χ4v) is 6.42. The maximum Gasteiger partial charge on any atom is 0.408 e. The van der Waals surface area contributed by atoms with Crippen LogP contribution in [0.2, 0.25) is 0 Å². The van der Waals surface area contributed by atoms with E-state index >= 15 is 0 Å². The molecule has 4 N–H and O–H groups in total. The van der Waals surface area contributed by atoms with Gasteiger partial charge in [0, 0.05) is 25.6 Å². The van der Waals surface area contributed by atoms with E-state index in [1.54, 1.807) is 25.7 Å². The van der Waals surface area contributed by atoms with Crippen LogP contribution in [0.1, 0.15) is 90.5 Å². The number of unbranched alkanes of at least 4 members (excludes halogenated alkanes) is 3. The van der Waals surface area contributed by atoms with Gasteiger partial charge in [-0.25, -0.2) is 4.79 Å². The topological polar surface area (TPSA) is 151 Å². The number of ether oxygens (including phenoxy) is 1. The maximum absolute atomic E-state index is 13.3. The monoisotopic (exact) mass is 637 g/mol. The van der Waals surface area contributed by atoms with Crippen LogP contribution in [-0.4, -0.2) is 76.3 Å². The van der Waals surface area contributed by atoms with Gasteiger partial charge in [0.15, 0.2) is 0 Å². The lowest BCUT2D eigenvalue weighted by Gasteiger charge is -2.28. The Morgan fingerprint density at radius 1 is 0.978 bits per heavy atom. The first-order valence-electron chi connectivity index (χ1n) is 16.8. The first kappa shape index (κ1) is 35.0. The largest absolute Gasteiger partial charge is 0.444 e. The van der Waals surface area contributed by atoms with Gasteiger partial charge in [0.25, 0.3) is 0 Å². The average molecular weight is 638 g/mol. The fraction of sp³-hybridized carbons (Fsp3) is 0.629. The van der Waals surface area contributed by atoms with Crippen molar-refractivity contribution >= 4 is 29.7 Å². The van der Waals surface area contributed by atoms with E-state index in [9.17, 15) is 24.0 Å². The third-order valence-electron chi connectivity index (χ3n) is 8.91. The number of nitrogens with zero attached hydrogens (tertiary/aromatic N) is 2. The molecule has 5 atom stereocenters. The van der Waals surface area contributed by atoms with Crippen molar-refractivity contribution in [2.45, 2.75) is 115 Å². The number of amides is 5. The maximum atomic E-state index is 13.3. The lowest BCUT2D eigenvalue weighted by Crippen LogP contribution is -2.53. The highest BCUT2D eigenvalue weighted by Gasteiger charge is 2.46. The summed E-state index contributed by atoms with van der Waals surface area (Å²) in [6.45, 7) is 6.80. The van der Waals surface area contributed by atoms with E-state index in [2.05, 4.69) is 22.8 Å². The first-order chi connectivity index (χ1) is 21.9. The number of rotatable bonds is 14. The van der Waals surface area contributed by atoms with Crippen LogP contribution in [0.15, 0.2) is 42.5 Å². The normalized spacial score (nSPS) is 23.3. The molecule has 0 unspecified atom stereocenters. The molecule has 1 aromatic carbocycles. The number of carbonyl (C=O) groups is 5. The number of hydrogen-bond donors (Lipinski definition) is 3. The van der Waals surface area contributed by atoms with E-state index in [1.807, 2.05) is 30.3 Å². The molecule has 0 radical (unpaired) electrons. The van der Waals surface area contributed by atoms with Crippen LogP contribution in [0.3, 0.4) is 0 Å². The zero-order valence-corrected chi connectivity index (χ0v) is 27.5. The van der Waals surface area contributed by atoms with Gasteiger partial charge < -0.3 is 30.9 Å². The van der Waals surface area contributed by atoms with Crippen molar-refractivity contribution < 1.29 is 28.7 Å². The highest BCUT2D eigenvalue weighted by Crippen LogP contribution is 2.42. The number of primary amides is 1. The molecule has 1 aliphatic carbocycles. The molecule has 2 saturated heterocycles. The van der Waals surface area contributed by atoms with Crippen molar-refractivity contribution in [2.75, 3.05) is 13.1 Å². The minimum atomic E-state index is -0.793. The second-order valence-electron chi connectivity index (χ2n) is 13.8. The number of allylic oxidation sites excluding steroid dienone is 2. The summed E-state index contributed by atoms with van der Waals surface area (Å²) in [5.74, 6) is -0.681. The Morgan fingerprint density at radius 3 is 2.37 bits per heavy atom. The Morgan fingerprint density at radius 2 is 1.67 bits per heavy atom. The third-order valence-corrected chi connectivity index (χ3v) is 8.91. The van der Waals surface area contributed by atoms with Gasteiger partial charge in [0.1, 0.15) is 23.7 Å². The molecule has 0 bridgehead atoms. The molecule has 2 aliphatic heterocycles. The summed E-state index contributed by atoms with van der Waals surface area (Å²) in [5, 5.41) is 5.71. The van der Waals surface area contributed by atoms with Gasteiger partial charge >= 0.3 is 6.09 Å². The van der Waals surface area contributed by atoms with Gasteiger partial charge in [-0.1, -0.05) is 55.3 Å². The van der Waals surface area contributed by atoms with Gasteiger partial charge in [0.2, 0.25) is 23.6 Å². The van der Waals surface area contributed by atoms with Crippen molar-refractivity contribution in [3.8, 4) is 0 Å². The fourth-order valence-electron chi connectivity index (χ4n) is 6.42. The van der Waals surface area contributed by atoms with Crippen molar-refractivity contribution in [1.82, 2.24) is 20.4 Å². The van der Waals surface area contributed by atoms with E-state index in [4.69, 9.17) is 10.5 Å². The van der Waals surface area contributed by atoms with Crippen molar-refractivity contribution in [2.24, 2.45) is 17.6 Å². The number of carbonyl (C=O) groups excluding carboxylic acids is 5. The minimum Gasteiger partial charge on any atom is -0.444 e. The molecule has 2 heterocycles. The quantitative estimate of drug-likeness (QED) is 0.209. The molecule has 11 nitrogen and oxygen atoms in total. The van der Waals surface area contributed by atoms with Crippen LogP contribution in [0.4, 0.5) is 4.79 Å². The standard InChI is InChI=1S/C35H51N5O6/c1-35(2,3)46-34(45)38-27(33(44)39-20-12-18-28(39)30(36)41)17-11-6-4-5-10-16-25-22-26(25)32(43)40-21-13-19-29(40)31(42)37-23-24-14-8-7-9-15-24/h7-10,14-16,25-29H,4-6,11-13,17-23H2,1-3H3,(H2,36,41)(H,37,42)(H,38,45)/b16-10-/t25-,26+,27+,28+,29-/m1/s1. The average Bonchev–Trinajstić information content (AvgIpc) is 3.37. The lowest BCUT2D eigenvalue weighted by atomic mass is 10.0. The molecular formula is C35H51N5O6. The van der Waals surface area contributed by atoms with Gasteiger partial charge in [-0.3, -0.25) is 19.2 Å². The summed E-state index contributed by atoms with van der Waals surface area (Å²) in [4.78, 5) is 67.0. The molecule has 1 aromatic rings. The second kappa shape index (κ2) is 16.1. The summed E-state index contributed by atoms with van der Waals surface area (Å²) >= 11 is 0. The van der Waals surface area contributed by atoms with Crippen molar-refractivity contribution in [3.05, 3.63) is 48.0 Å². The number of hydrogen-bond acceptors (Lipinski definition) is 6. The predicted octanol–water partition coefficient (Wildman–Crippen LogP) is 3.81. The van der Waals surface area contributed by atoms with Crippen LogP contribution in [0, 0.1) is 11.8 Å². The molecule has 5 amide bonds. The van der Waals surface area contributed by atoms with Crippen LogP contribution < -0.4 is 16.4 Å². The molecular weight excluding hydrogens is 586 g/mol. The Labute approximate surface area is 272 Å². The van der Waals surface area contributed by atoms with Crippen LogP contribution in [0.25, 0.3) is 0 Å². The predicted molar refractivity (Wildman–Crippen MR) is 174 cm³/mol. The molecule has 3 aliphatic rings. The summed E-state index contributed by atoms with van der Waals surface area (Å²) in [5.41, 5.74) is 5.85. The zero-order valence-electron chi connectivity index (χ0n) is 27.5. The Balaban J connectivity index is 1.18. The number of alkyl carbamates (subject to hydrolysis) is 1. The lowest BCUT2D eigenvalue weighted by molar-refractivity contribution is -0.139. The molecule has 3 fully saturated rings. The summed E-state index contributed by atoms with van der Waals surface area (Å²) in [6.07, 6.45) is 10.9. The van der Waals surface area contributed by atoms with Gasteiger partial charge in [-0.15, -0.1) is 0 Å². The van der Waals surface area contributed by atoms with E-state index in [1.165, 1.54) is 4.90 Å². The Hall–Kier alpha value is -3.89. The van der Waals surface area contributed by atoms with Crippen molar-refractivity contribution in [1.29, 1.82) is 0 Å². The molecule has 46 heavy (non-hydrogen) atoms. The van der Waals surface area contributed by atoms with E-state index in [-0.39, 0.29) is 29.6 Å². The van der Waals surface area contributed by atoms with Gasteiger partial charge in [0.05, 0.1) is 0 Å². The number of nitrogens with one attached hydrogen (secondary N) is 2. The van der Waals surface area contributed by atoms with Crippen LogP contribution >= 0.6 is 0 Å². The number of likely N-dealkylation sites (tertiary alicyclic amines) is 2. The van der Waals surface area contributed by atoms with Gasteiger partial charge in [-0.2, -0.15) is 0 Å². The second-order valence-corrected chi connectivity index (χ2v) is 13.8. The molecule has 252 valence electrons. The van der Waals surface area contributed by atoms with E-state index < -0.39 is 35.7 Å². The SMILES string of the molecule is CC(C)(C)OC(=O)N[C@@H](CCCCC/C=C\[C@@H]1C[C@@H]1C(=O)N1CCC[C@@H]1C(=O)NCc1ccccc1)C(=O)N1CCC[C@H]1C(N)=O. The third kappa shape index (κ3) is 10.1. The molecule has 4 rings (SSSR count). The molecule has 0 spiro atoms. The first-order valence-corrected chi connectivity index (χ1v) is 16.8. The highest BCUT2D eigenvalue weighted by atomic mass is 16.6. The minimum absolute atomic E-state index is 0.0562. The summed E-state index contributed by atoms with van der Waals surface area (Å²) < 4.78 is 5.38. The number of benzene rings is 1. The van der Waals surface area contributed by atoms with E-state index in [0.717, 1.165) is 37.7 Å². The van der Waals surface area contributed by atoms with E-state index in [0.29, 0.717) is 51.7 Å². The summed E-state index contributed by atoms with van der Waals surface area (Å²) in [6, 6.07) is 7.93. The zero-order chi connectivity index (χ0) is 33.3. The van der Waals surface area contributed by atoms with Gasteiger partial charge in [-0.05, 0) is 83.6 Å². The van der Waals surface area contributed by atoms with Crippen molar-refractivity contribution in [3.63, 3.8) is 0 Å². The molecule has 0 aromatic heterocycles. The van der Waals surface area contributed by atoms with Crippen LogP contribution in [0.5, 0.6) is 0 Å². The molecule has 1 saturated carbocycles.